The van der Waals surface area contributed by atoms with Gasteiger partial charge in [0.1, 0.15) is 16.8 Å². The summed E-state index contributed by atoms with van der Waals surface area (Å²) in [5.74, 6) is 1.44. The molecule has 1 aliphatic rings. The second-order valence-electron chi connectivity index (χ2n) is 3.81. The van der Waals surface area contributed by atoms with Gasteiger partial charge in [-0.2, -0.15) is 0 Å². The minimum atomic E-state index is 0.115. The van der Waals surface area contributed by atoms with Gasteiger partial charge in [-0.25, -0.2) is 9.97 Å². The van der Waals surface area contributed by atoms with Crippen molar-refractivity contribution in [3.63, 3.8) is 0 Å². The Morgan fingerprint density at radius 2 is 2.44 bits per heavy atom. The molecule has 2 heterocycles. The monoisotopic (exact) mass is 240 g/mol. The van der Waals surface area contributed by atoms with Gasteiger partial charge in [-0.15, -0.1) is 0 Å². The number of carbonyl (C=O) groups is 1. The largest absolute Gasteiger partial charge is 0.368 e. The molecule has 1 unspecified atom stereocenters. The van der Waals surface area contributed by atoms with Gasteiger partial charge in [0.2, 0.25) is 5.91 Å². The van der Waals surface area contributed by atoms with E-state index in [9.17, 15) is 4.79 Å². The van der Waals surface area contributed by atoms with E-state index in [4.69, 9.17) is 11.6 Å². The molecule has 1 aromatic rings. The Morgan fingerprint density at radius 1 is 1.62 bits per heavy atom. The molecule has 1 atom stereocenters. The number of aromatic nitrogens is 2. The highest BCUT2D eigenvalue weighted by Gasteiger charge is 2.20. The highest BCUT2D eigenvalue weighted by molar-refractivity contribution is 6.29. The molecule has 2 rings (SSSR count). The van der Waals surface area contributed by atoms with E-state index >= 15 is 0 Å². The normalized spacial score (nSPS) is 19.6. The molecule has 1 fully saturated rings. The average Bonchev–Trinajstić information content (AvgIpc) is 2.60. The summed E-state index contributed by atoms with van der Waals surface area (Å²) >= 11 is 5.81. The minimum Gasteiger partial charge on any atom is -0.368 e. The van der Waals surface area contributed by atoms with Crippen molar-refractivity contribution in [2.75, 3.05) is 11.9 Å². The van der Waals surface area contributed by atoms with Crippen molar-refractivity contribution in [2.24, 2.45) is 0 Å². The number of hydrogen-bond donors (Lipinski definition) is 2. The summed E-state index contributed by atoms with van der Waals surface area (Å²) in [7, 11) is 0. The average molecular weight is 241 g/mol. The molecule has 0 aromatic carbocycles. The lowest BCUT2D eigenvalue weighted by atomic mass is 10.2. The fourth-order valence-electron chi connectivity index (χ4n) is 1.68. The van der Waals surface area contributed by atoms with E-state index in [1.807, 2.05) is 0 Å². The van der Waals surface area contributed by atoms with Crippen LogP contribution in [0.4, 0.5) is 5.82 Å². The van der Waals surface area contributed by atoms with Crippen molar-refractivity contribution in [2.45, 2.75) is 25.8 Å². The zero-order chi connectivity index (χ0) is 11.5. The molecule has 5 nitrogen and oxygen atoms in total. The molecule has 0 aliphatic carbocycles. The van der Waals surface area contributed by atoms with Gasteiger partial charge in [0.25, 0.3) is 0 Å². The number of aryl methyl sites for hydroxylation is 1. The summed E-state index contributed by atoms with van der Waals surface area (Å²) in [6, 6.07) is 1.85. The molecule has 6 heteroatoms. The van der Waals surface area contributed by atoms with E-state index in [1.165, 1.54) is 0 Å². The van der Waals surface area contributed by atoms with Gasteiger partial charge in [-0.3, -0.25) is 4.79 Å². The van der Waals surface area contributed by atoms with Gasteiger partial charge < -0.3 is 10.6 Å². The molecule has 1 aromatic heterocycles. The van der Waals surface area contributed by atoms with Crippen LogP contribution in [0.1, 0.15) is 18.7 Å². The Labute approximate surface area is 98.6 Å². The lowest BCUT2D eigenvalue weighted by Crippen LogP contribution is -2.32. The van der Waals surface area contributed by atoms with Crippen molar-refractivity contribution in [3.05, 3.63) is 17.0 Å². The van der Waals surface area contributed by atoms with Crippen LogP contribution in [0, 0.1) is 6.92 Å². The van der Waals surface area contributed by atoms with Crippen LogP contribution in [0.15, 0.2) is 6.07 Å². The SMILES string of the molecule is Cc1nc(Cl)cc(NCC2CCC(=O)N2)n1. The van der Waals surface area contributed by atoms with Gasteiger partial charge in [-0.1, -0.05) is 11.6 Å². The summed E-state index contributed by atoms with van der Waals surface area (Å²) in [6.45, 7) is 2.45. The quantitative estimate of drug-likeness (QED) is 0.778. The molecule has 2 N–H and O–H groups in total. The zero-order valence-corrected chi connectivity index (χ0v) is 9.71. The van der Waals surface area contributed by atoms with Crippen molar-refractivity contribution in [3.8, 4) is 0 Å². The molecule has 86 valence electrons. The van der Waals surface area contributed by atoms with Crippen molar-refractivity contribution >= 4 is 23.3 Å². The zero-order valence-electron chi connectivity index (χ0n) is 8.96. The van der Waals surface area contributed by atoms with Crippen LogP contribution in [0.5, 0.6) is 0 Å². The number of carbonyl (C=O) groups excluding carboxylic acids is 1. The van der Waals surface area contributed by atoms with Crippen LogP contribution in [0.25, 0.3) is 0 Å². The second kappa shape index (κ2) is 4.65. The van der Waals surface area contributed by atoms with Gasteiger partial charge >= 0.3 is 0 Å². The third kappa shape index (κ3) is 2.82. The number of halogens is 1. The van der Waals surface area contributed by atoms with Crippen LogP contribution in [0.2, 0.25) is 5.15 Å². The van der Waals surface area contributed by atoms with Crippen LogP contribution in [-0.2, 0) is 4.79 Å². The standard InChI is InChI=1S/C10H13ClN4O/c1-6-13-8(11)4-9(14-6)12-5-7-2-3-10(16)15-7/h4,7H,2-3,5H2,1H3,(H,15,16)(H,12,13,14). The Morgan fingerprint density at radius 3 is 3.06 bits per heavy atom. The number of nitrogens with one attached hydrogen (secondary N) is 2. The lowest BCUT2D eigenvalue weighted by molar-refractivity contribution is -0.119. The summed E-state index contributed by atoms with van der Waals surface area (Å²) < 4.78 is 0. The van der Waals surface area contributed by atoms with Gasteiger partial charge in [0, 0.05) is 25.1 Å². The van der Waals surface area contributed by atoms with Crippen LogP contribution in [0.3, 0.4) is 0 Å². The fourth-order valence-corrected chi connectivity index (χ4v) is 1.91. The van der Waals surface area contributed by atoms with E-state index in [0.29, 0.717) is 29.8 Å². The summed E-state index contributed by atoms with van der Waals surface area (Å²) in [5, 5.41) is 6.44. The Hall–Kier alpha value is -1.36. The molecule has 0 saturated carbocycles. The predicted molar refractivity (Wildman–Crippen MR) is 61.4 cm³/mol. The molecule has 0 radical (unpaired) electrons. The molecule has 1 amide bonds. The summed E-state index contributed by atoms with van der Waals surface area (Å²) in [4.78, 5) is 19.2. The topological polar surface area (TPSA) is 66.9 Å². The number of anilines is 1. The molecule has 0 spiro atoms. The predicted octanol–water partition coefficient (Wildman–Crippen LogP) is 1.13. The van der Waals surface area contributed by atoms with Crippen molar-refractivity contribution in [1.29, 1.82) is 0 Å². The molecule has 1 aliphatic heterocycles. The van der Waals surface area contributed by atoms with E-state index < -0.39 is 0 Å². The maximum absolute atomic E-state index is 11.0. The first kappa shape index (κ1) is 11.1. The van der Waals surface area contributed by atoms with Gasteiger partial charge in [-0.05, 0) is 13.3 Å². The van der Waals surface area contributed by atoms with Crippen molar-refractivity contribution in [1.82, 2.24) is 15.3 Å². The van der Waals surface area contributed by atoms with E-state index in [2.05, 4.69) is 20.6 Å². The first-order valence-corrected chi connectivity index (χ1v) is 5.56. The molecule has 1 saturated heterocycles. The van der Waals surface area contributed by atoms with Crippen LogP contribution >= 0.6 is 11.6 Å². The third-order valence-corrected chi connectivity index (χ3v) is 2.61. The minimum absolute atomic E-state index is 0.115. The Balaban J connectivity index is 1.91. The second-order valence-corrected chi connectivity index (χ2v) is 4.19. The van der Waals surface area contributed by atoms with E-state index in [1.54, 1.807) is 13.0 Å². The molecule has 16 heavy (non-hydrogen) atoms. The summed E-state index contributed by atoms with van der Waals surface area (Å²) in [5.41, 5.74) is 0. The third-order valence-electron chi connectivity index (χ3n) is 2.42. The molecular weight excluding hydrogens is 228 g/mol. The number of amides is 1. The Kier molecular flexibility index (Phi) is 3.24. The molecule has 0 bridgehead atoms. The fraction of sp³-hybridized carbons (Fsp3) is 0.500. The smallest absolute Gasteiger partial charge is 0.220 e. The van der Waals surface area contributed by atoms with Gasteiger partial charge in [0.15, 0.2) is 0 Å². The van der Waals surface area contributed by atoms with Crippen molar-refractivity contribution < 1.29 is 4.79 Å². The summed E-state index contributed by atoms with van der Waals surface area (Å²) in [6.07, 6.45) is 1.47. The van der Waals surface area contributed by atoms with Crippen LogP contribution < -0.4 is 10.6 Å². The van der Waals surface area contributed by atoms with E-state index in [0.717, 1.165) is 6.42 Å². The maximum Gasteiger partial charge on any atom is 0.220 e. The number of hydrogen-bond acceptors (Lipinski definition) is 4. The van der Waals surface area contributed by atoms with Crippen LogP contribution in [-0.4, -0.2) is 28.5 Å². The van der Waals surface area contributed by atoms with Gasteiger partial charge in [0.05, 0.1) is 0 Å². The first-order valence-electron chi connectivity index (χ1n) is 5.18. The number of rotatable bonds is 3. The Bertz CT molecular complexity index is 390. The lowest BCUT2D eigenvalue weighted by Gasteiger charge is -2.11. The highest BCUT2D eigenvalue weighted by atomic mass is 35.5. The van der Waals surface area contributed by atoms with E-state index in [-0.39, 0.29) is 11.9 Å². The maximum atomic E-state index is 11.0. The molecular formula is C10H13ClN4O. The highest BCUT2D eigenvalue weighted by Crippen LogP contribution is 2.12. The first-order chi connectivity index (χ1) is 7.63. The number of nitrogens with zero attached hydrogens (tertiary/aromatic N) is 2.